The first-order valence-electron chi connectivity index (χ1n) is 9.24. The molecule has 0 radical (unpaired) electrons. The first-order chi connectivity index (χ1) is 10.2. The van der Waals surface area contributed by atoms with E-state index in [4.69, 9.17) is 0 Å². The number of hydrogen-bond acceptors (Lipinski definition) is 1. The van der Waals surface area contributed by atoms with E-state index in [9.17, 15) is 4.79 Å². The minimum Gasteiger partial charge on any atom is -0.335 e. The third-order valence-corrected chi connectivity index (χ3v) is 6.80. The topological polar surface area (TPSA) is 41.1 Å². The fourth-order valence-corrected chi connectivity index (χ4v) is 6.10. The van der Waals surface area contributed by atoms with Crippen LogP contribution in [0.5, 0.6) is 0 Å². The molecule has 0 aliphatic heterocycles. The van der Waals surface area contributed by atoms with Crippen LogP contribution in [0.4, 0.5) is 4.79 Å². The molecule has 2 atom stereocenters. The molecule has 0 heterocycles. The van der Waals surface area contributed by atoms with Crippen molar-refractivity contribution in [1.29, 1.82) is 0 Å². The molecule has 0 saturated heterocycles. The van der Waals surface area contributed by atoms with Crippen LogP contribution in [0.1, 0.15) is 64.7 Å². The third kappa shape index (κ3) is 2.80. The van der Waals surface area contributed by atoms with Gasteiger partial charge in [0.15, 0.2) is 0 Å². The van der Waals surface area contributed by atoms with Crippen molar-refractivity contribution in [1.82, 2.24) is 10.6 Å². The summed E-state index contributed by atoms with van der Waals surface area (Å²) < 4.78 is 0. The molecule has 2 unspecified atom stereocenters. The number of nitrogens with one attached hydrogen (secondary N) is 2. The highest BCUT2D eigenvalue weighted by atomic mass is 16.2. The van der Waals surface area contributed by atoms with E-state index < -0.39 is 0 Å². The zero-order valence-electron chi connectivity index (χ0n) is 13.3. The van der Waals surface area contributed by atoms with Gasteiger partial charge in [0.05, 0.1) is 0 Å². The minimum absolute atomic E-state index is 0.117. The fourth-order valence-electron chi connectivity index (χ4n) is 6.10. The Labute approximate surface area is 128 Å². The maximum Gasteiger partial charge on any atom is 0.315 e. The van der Waals surface area contributed by atoms with Crippen molar-refractivity contribution in [2.24, 2.45) is 29.6 Å². The smallest absolute Gasteiger partial charge is 0.315 e. The molecular formula is C18H30N2O. The summed E-state index contributed by atoms with van der Waals surface area (Å²) in [6.45, 7) is 2.31. The molecule has 0 spiro atoms. The van der Waals surface area contributed by atoms with Gasteiger partial charge in [-0.2, -0.15) is 0 Å². The average Bonchev–Trinajstić information content (AvgIpc) is 2.42. The monoisotopic (exact) mass is 290 g/mol. The van der Waals surface area contributed by atoms with Gasteiger partial charge >= 0.3 is 6.03 Å². The van der Waals surface area contributed by atoms with Crippen molar-refractivity contribution in [3.63, 3.8) is 0 Å². The van der Waals surface area contributed by atoms with E-state index in [1.54, 1.807) is 0 Å². The Morgan fingerprint density at radius 3 is 2.14 bits per heavy atom. The summed E-state index contributed by atoms with van der Waals surface area (Å²) in [7, 11) is 0. The first kappa shape index (κ1) is 13.9. The number of urea groups is 1. The summed E-state index contributed by atoms with van der Waals surface area (Å²) in [5, 5.41) is 6.63. The molecule has 3 nitrogen and oxygen atoms in total. The Bertz CT molecular complexity index is 380. The van der Waals surface area contributed by atoms with E-state index in [0.717, 1.165) is 36.0 Å². The van der Waals surface area contributed by atoms with Crippen LogP contribution < -0.4 is 10.6 Å². The van der Waals surface area contributed by atoms with Gasteiger partial charge in [-0.1, -0.05) is 19.8 Å². The second-order valence-electron chi connectivity index (χ2n) is 8.54. The van der Waals surface area contributed by atoms with Crippen molar-refractivity contribution in [3.05, 3.63) is 0 Å². The summed E-state index contributed by atoms with van der Waals surface area (Å²) in [5.41, 5.74) is 0. The predicted molar refractivity (Wildman–Crippen MR) is 83.9 cm³/mol. The van der Waals surface area contributed by atoms with Crippen LogP contribution in [0, 0.1) is 29.6 Å². The summed E-state index contributed by atoms with van der Waals surface area (Å²) in [4.78, 5) is 12.4. The lowest BCUT2D eigenvalue weighted by atomic mass is 9.54. The molecule has 118 valence electrons. The van der Waals surface area contributed by atoms with Crippen molar-refractivity contribution in [3.8, 4) is 0 Å². The van der Waals surface area contributed by atoms with Crippen LogP contribution in [0.15, 0.2) is 0 Å². The second-order valence-corrected chi connectivity index (χ2v) is 8.54. The molecule has 0 aromatic heterocycles. The zero-order valence-corrected chi connectivity index (χ0v) is 13.3. The van der Waals surface area contributed by atoms with Gasteiger partial charge in [0.1, 0.15) is 0 Å². The standard InChI is InChI=1S/C18H30N2O/c1-11-3-2-4-16(5-11)19-18(21)20-17-14-7-12-6-13(9-14)10-15(17)8-12/h11-17H,2-10H2,1H3,(H2,19,20,21). The molecule has 2 amide bonds. The first-order valence-corrected chi connectivity index (χ1v) is 9.24. The van der Waals surface area contributed by atoms with E-state index >= 15 is 0 Å². The molecule has 5 rings (SSSR count). The van der Waals surface area contributed by atoms with Gasteiger partial charge in [-0.3, -0.25) is 0 Å². The van der Waals surface area contributed by atoms with Gasteiger partial charge in [-0.25, -0.2) is 4.79 Å². The third-order valence-electron chi connectivity index (χ3n) is 6.80. The largest absolute Gasteiger partial charge is 0.335 e. The molecular weight excluding hydrogens is 260 g/mol. The van der Waals surface area contributed by atoms with Gasteiger partial charge in [0.25, 0.3) is 0 Å². The van der Waals surface area contributed by atoms with Crippen LogP contribution in [0.3, 0.4) is 0 Å². The van der Waals surface area contributed by atoms with Crippen LogP contribution in [0.2, 0.25) is 0 Å². The number of rotatable bonds is 2. The Hall–Kier alpha value is -0.730. The minimum atomic E-state index is 0.117. The van der Waals surface area contributed by atoms with Crippen molar-refractivity contribution in [2.75, 3.05) is 0 Å². The van der Waals surface area contributed by atoms with Gasteiger partial charge in [-0.05, 0) is 74.5 Å². The summed E-state index contributed by atoms with van der Waals surface area (Å²) in [5.74, 6) is 4.28. The molecule has 21 heavy (non-hydrogen) atoms. The average molecular weight is 290 g/mol. The Morgan fingerprint density at radius 2 is 1.52 bits per heavy atom. The normalized spacial score (nSPS) is 48.1. The molecule has 5 aliphatic carbocycles. The lowest BCUT2D eigenvalue weighted by molar-refractivity contribution is -0.00959. The lowest BCUT2D eigenvalue weighted by Gasteiger charge is -2.54. The van der Waals surface area contributed by atoms with Crippen molar-refractivity contribution < 1.29 is 4.79 Å². The predicted octanol–water partition coefficient (Wildman–Crippen LogP) is 3.69. The Morgan fingerprint density at radius 1 is 0.857 bits per heavy atom. The van der Waals surface area contributed by atoms with Crippen LogP contribution in [-0.2, 0) is 0 Å². The quantitative estimate of drug-likeness (QED) is 0.800. The van der Waals surface area contributed by atoms with Gasteiger partial charge < -0.3 is 10.6 Å². The zero-order chi connectivity index (χ0) is 14.4. The molecule has 0 aromatic rings. The number of amides is 2. The second kappa shape index (κ2) is 5.48. The fraction of sp³-hybridized carbons (Fsp3) is 0.944. The number of hydrogen-bond donors (Lipinski definition) is 2. The SMILES string of the molecule is CC1CCCC(NC(=O)NC2C3CC4CC(C3)CC2C4)C1. The molecule has 2 N–H and O–H groups in total. The van der Waals surface area contributed by atoms with E-state index in [1.807, 2.05) is 0 Å². The highest BCUT2D eigenvalue weighted by molar-refractivity contribution is 5.74. The van der Waals surface area contributed by atoms with E-state index in [1.165, 1.54) is 51.4 Å². The summed E-state index contributed by atoms with van der Waals surface area (Å²) >= 11 is 0. The summed E-state index contributed by atoms with van der Waals surface area (Å²) in [6.07, 6.45) is 11.9. The van der Waals surface area contributed by atoms with Crippen LogP contribution in [-0.4, -0.2) is 18.1 Å². The van der Waals surface area contributed by atoms with Gasteiger partial charge in [-0.15, -0.1) is 0 Å². The van der Waals surface area contributed by atoms with Crippen LogP contribution in [0.25, 0.3) is 0 Å². The van der Waals surface area contributed by atoms with Gasteiger partial charge in [0, 0.05) is 12.1 Å². The lowest BCUT2D eigenvalue weighted by Crippen LogP contribution is -2.58. The molecule has 5 aliphatic rings. The molecule has 4 bridgehead atoms. The molecule has 5 saturated carbocycles. The maximum atomic E-state index is 12.4. The van der Waals surface area contributed by atoms with E-state index in [0.29, 0.717) is 12.1 Å². The molecule has 0 aromatic carbocycles. The number of carbonyl (C=O) groups excluding carboxylic acids is 1. The molecule has 3 heteroatoms. The maximum absolute atomic E-state index is 12.4. The Balaban J connectivity index is 1.32. The number of carbonyl (C=O) groups is 1. The van der Waals surface area contributed by atoms with Crippen molar-refractivity contribution in [2.45, 2.75) is 76.8 Å². The van der Waals surface area contributed by atoms with E-state index in [2.05, 4.69) is 17.6 Å². The van der Waals surface area contributed by atoms with Crippen LogP contribution >= 0.6 is 0 Å². The highest BCUT2D eigenvalue weighted by Gasteiger charge is 2.48. The summed E-state index contributed by atoms with van der Waals surface area (Å²) in [6, 6.07) is 0.996. The highest BCUT2D eigenvalue weighted by Crippen LogP contribution is 2.53. The Kier molecular flexibility index (Phi) is 3.63. The van der Waals surface area contributed by atoms with Crippen molar-refractivity contribution >= 4 is 6.03 Å². The van der Waals surface area contributed by atoms with E-state index in [-0.39, 0.29) is 6.03 Å². The molecule has 5 fully saturated rings. The van der Waals surface area contributed by atoms with Gasteiger partial charge in [0.2, 0.25) is 0 Å².